The minimum Gasteiger partial charge on any atom is -0.472 e. The molecule has 0 aliphatic carbocycles. The van der Waals surface area contributed by atoms with E-state index in [-0.39, 0.29) is 5.91 Å². The SMILES string of the molecule is O=C(Nc1ccncc1)c1n[nH]c2ccc(-c3ccoc3)cc12. The average Bonchev–Trinajstić information content (AvgIpc) is 3.25. The standard InChI is InChI=1S/C17H12N4O2/c22-17(19-13-3-6-18-7-4-13)16-14-9-11(12-5-8-23-10-12)1-2-15(14)20-21-16/h1-10H,(H,20,21)(H,18,19,22). The fraction of sp³-hybridized carbons (Fsp3) is 0. The Kier molecular flexibility index (Phi) is 3.12. The number of amides is 1. The molecule has 112 valence electrons. The number of carbonyl (C=O) groups excluding carboxylic acids is 1. The second-order valence-corrected chi connectivity index (χ2v) is 5.03. The summed E-state index contributed by atoms with van der Waals surface area (Å²) in [4.78, 5) is 16.4. The zero-order valence-corrected chi connectivity index (χ0v) is 12.0. The molecular formula is C17H12N4O2. The van der Waals surface area contributed by atoms with Crippen molar-refractivity contribution in [2.45, 2.75) is 0 Å². The van der Waals surface area contributed by atoms with E-state index < -0.39 is 0 Å². The van der Waals surface area contributed by atoms with Gasteiger partial charge in [0, 0.05) is 29.0 Å². The molecule has 0 saturated carbocycles. The third-order valence-corrected chi connectivity index (χ3v) is 3.57. The predicted molar refractivity (Wildman–Crippen MR) is 86.0 cm³/mol. The maximum atomic E-state index is 12.5. The highest BCUT2D eigenvalue weighted by molar-refractivity contribution is 6.11. The normalized spacial score (nSPS) is 10.8. The van der Waals surface area contributed by atoms with Crippen molar-refractivity contribution in [1.82, 2.24) is 15.2 Å². The number of H-pyrrole nitrogens is 1. The zero-order valence-electron chi connectivity index (χ0n) is 12.0. The zero-order chi connectivity index (χ0) is 15.6. The van der Waals surface area contributed by atoms with E-state index in [9.17, 15) is 4.79 Å². The van der Waals surface area contributed by atoms with Crippen molar-refractivity contribution in [2.75, 3.05) is 5.32 Å². The Morgan fingerprint density at radius 2 is 1.96 bits per heavy atom. The summed E-state index contributed by atoms with van der Waals surface area (Å²) in [5.41, 5.74) is 3.74. The summed E-state index contributed by atoms with van der Waals surface area (Å²) in [6.07, 6.45) is 6.52. The number of carbonyl (C=O) groups is 1. The highest BCUT2D eigenvalue weighted by Crippen LogP contribution is 2.26. The van der Waals surface area contributed by atoms with Crippen LogP contribution >= 0.6 is 0 Å². The number of anilines is 1. The first kappa shape index (κ1) is 13.3. The van der Waals surface area contributed by atoms with Gasteiger partial charge in [-0.2, -0.15) is 5.10 Å². The van der Waals surface area contributed by atoms with Crippen LogP contribution in [0.4, 0.5) is 5.69 Å². The summed E-state index contributed by atoms with van der Waals surface area (Å²) in [5.74, 6) is -0.271. The van der Waals surface area contributed by atoms with Crippen LogP contribution in [0, 0.1) is 0 Å². The third-order valence-electron chi connectivity index (χ3n) is 3.57. The molecule has 4 rings (SSSR count). The number of hydrogen-bond acceptors (Lipinski definition) is 4. The molecule has 2 N–H and O–H groups in total. The van der Waals surface area contributed by atoms with Gasteiger partial charge in [0.1, 0.15) is 0 Å². The molecule has 0 saturated heterocycles. The van der Waals surface area contributed by atoms with Crippen LogP contribution in [0.15, 0.2) is 65.7 Å². The van der Waals surface area contributed by atoms with Gasteiger partial charge in [-0.25, -0.2) is 0 Å². The average molecular weight is 304 g/mol. The second-order valence-electron chi connectivity index (χ2n) is 5.03. The van der Waals surface area contributed by atoms with Crippen LogP contribution in [0.1, 0.15) is 10.5 Å². The van der Waals surface area contributed by atoms with Gasteiger partial charge in [-0.05, 0) is 35.9 Å². The number of rotatable bonds is 3. The quantitative estimate of drug-likeness (QED) is 0.607. The van der Waals surface area contributed by atoms with Crippen molar-refractivity contribution < 1.29 is 9.21 Å². The van der Waals surface area contributed by atoms with Gasteiger partial charge in [-0.1, -0.05) is 6.07 Å². The van der Waals surface area contributed by atoms with Crippen LogP contribution in [-0.2, 0) is 0 Å². The van der Waals surface area contributed by atoms with E-state index in [0.717, 1.165) is 22.0 Å². The number of hydrogen-bond donors (Lipinski definition) is 2. The number of aromatic amines is 1. The highest BCUT2D eigenvalue weighted by atomic mass is 16.3. The Morgan fingerprint density at radius 3 is 2.74 bits per heavy atom. The molecule has 0 spiro atoms. The van der Waals surface area contributed by atoms with Crippen LogP contribution in [0.3, 0.4) is 0 Å². The number of furan rings is 1. The van der Waals surface area contributed by atoms with E-state index in [1.54, 1.807) is 37.1 Å². The Morgan fingerprint density at radius 1 is 1.09 bits per heavy atom. The van der Waals surface area contributed by atoms with Gasteiger partial charge < -0.3 is 9.73 Å². The summed E-state index contributed by atoms with van der Waals surface area (Å²) < 4.78 is 5.11. The molecule has 0 radical (unpaired) electrons. The molecule has 0 unspecified atom stereocenters. The minimum absolute atomic E-state index is 0.271. The topological polar surface area (TPSA) is 83.8 Å². The van der Waals surface area contributed by atoms with Crippen molar-refractivity contribution >= 4 is 22.5 Å². The molecule has 6 heteroatoms. The molecule has 1 amide bonds. The molecule has 0 aliphatic rings. The van der Waals surface area contributed by atoms with Gasteiger partial charge >= 0.3 is 0 Å². The second kappa shape index (κ2) is 5.42. The number of pyridine rings is 1. The largest absolute Gasteiger partial charge is 0.472 e. The number of nitrogens with one attached hydrogen (secondary N) is 2. The summed E-state index contributed by atoms with van der Waals surface area (Å²) in [6, 6.07) is 11.1. The first-order chi connectivity index (χ1) is 11.3. The molecule has 0 bridgehead atoms. The maximum absolute atomic E-state index is 12.5. The lowest BCUT2D eigenvalue weighted by Gasteiger charge is -2.03. The van der Waals surface area contributed by atoms with Gasteiger partial charge in [-0.15, -0.1) is 0 Å². The van der Waals surface area contributed by atoms with Gasteiger partial charge in [0.15, 0.2) is 5.69 Å². The molecule has 1 aromatic carbocycles. The maximum Gasteiger partial charge on any atom is 0.276 e. The van der Waals surface area contributed by atoms with Crippen LogP contribution in [0.25, 0.3) is 22.0 Å². The van der Waals surface area contributed by atoms with E-state index in [1.807, 2.05) is 24.3 Å². The van der Waals surface area contributed by atoms with E-state index in [4.69, 9.17) is 4.42 Å². The van der Waals surface area contributed by atoms with Gasteiger partial charge in [-0.3, -0.25) is 14.9 Å². The highest BCUT2D eigenvalue weighted by Gasteiger charge is 2.15. The Hall–Kier alpha value is -3.41. The molecule has 0 atom stereocenters. The molecule has 0 aliphatic heterocycles. The first-order valence-corrected chi connectivity index (χ1v) is 7.03. The number of aromatic nitrogens is 3. The van der Waals surface area contributed by atoms with Gasteiger partial charge in [0.05, 0.1) is 18.0 Å². The molecular weight excluding hydrogens is 292 g/mol. The fourth-order valence-corrected chi connectivity index (χ4v) is 2.42. The molecule has 6 nitrogen and oxygen atoms in total. The van der Waals surface area contributed by atoms with E-state index >= 15 is 0 Å². The Labute approximate surface area is 131 Å². The predicted octanol–water partition coefficient (Wildman–Crippen LogP) is 3.47. The smallest absolute Gasteiger partial charge is 0.276 e. The fourth-order valence-electron chi connectivity index (χ4n) is 2.42. The summed E-state index contributed by atoms with van der Waals surface area (Å²) in [6.45, 7) is 0. The monoisotopic (exact) mass is 304 g/mol. The van der Waals surface area contributed by atoms with E-state index in [1.165, 1.54) is 0 Å². The lowest BCUT2D eigenvalue weighted by Crippen LogP contribution is -2.12. The third kappa shape index (κ3) is 2.46. The molecule has 0 fully saturated rings. The Bertz CT molecular complexity index is 959. The summed E-state index contributed by atoms with van der Waals surface area (Å²) in [7, 11) is 0. The van der Waals surface area contributed by atoms with Crippen LogP contribution < -0.4 is 5.32 Å². The first-order valence-electron chi connectivity index (χ1n) is 7.03. The molecule has 3 heterocycles. The number of benzene rings is 1. The van der Waals surface area contributed by atoms with Crippen molar-refractivity contribution in [3.05, 3.63) is 67.0 Å². The molecule has 4 aromatic rings. The number of fused-ring (bicyclic) bond motifs is 1. The van der Waals surface area contributed by atoms with E-state index in [0.29, 0.717) is 11.4 Å². The van der Waals surface area contributed by atoms with Gasteiger partial charge in [0.25, 0.3) is 5.91 Å². The Balaban J connectivity index is 1.72. The molecule has 3 aromatic heterocycles. The minimum atomic E-state index is -0.271. The summed E-state index contributed by atoms with van der Waals surface area (Å²) >= 11 is 0. The molecule has 23 heavy (non-hydrogen) atoms. The lowest BCUT2D eigenvalue weighted by molar-refractivity contribution is 0.102. The van der Waals surface area contributed by atoms with Crippen molar-refractivity contribution in [2.24, 2.45) is 0 Å². The van der Waals surface area contributed by atoms with Crippen LogP contribution in [0.5, 0.6) is 0 Å². The van der Waals surface area contributed by atoms with Gasteiger partial charge in [0.2, 0.25) is 0 Å². The van der Waals surface area contributed by atoms with E-state index in [2.05, 4.69) is 20.5 Å². The van der Waals surface area contributed by atoms with Crippen LogP contribution in [0.2, 0.25) is 0 Å². The van der Waals surface area contributed by atoms with Crippen molar-refractivity contribution in [1.29, 1.82) is 0 Å². The summed E-state index contributed by atoms with van der Waals surface area (Å²) in [5, 5.41) is 10.6. The van der Waals surface area contributed by atoms with Crippen molar-refractivity contribution in [3.8, 4) is 11.1 Å². The lowest BCUT2D eigenvalue weighted by atomic mass is 10.1. The number of nitrogens with zero attached hydrogens (tertiary/aromatic N) is 2. The van der Waals surface area contributed by atoms with Crippen molar-refractivity contribution in [3.63, 3.8) is 0 Å². The van der Waals surface area contributed by atoms with Crippen LogP contribution in [-0.4, -0.2) is 21.1 Å².